The Morgan fingerprint density at radius 1 is 1.26 bits per heavy atom. The predicted octanol–water partition coefficient (Wildman–Crippen LogP) is 3.81. The highest BCUT2D eigenvalue weighted by Gasteiger charge is 2.17. The molecule has 3 nitrogen and oxygen atoms in total. The van der Waals surface area contributed by atoms with Gasteiger partial charge in [0.05, 0.1) is 0 Å². The number of amides is 2. The highest BCUT2D eigenvalue weighted by atomic mass is 79.9. The second-order valence-electron chi connectivity index (χ2n) is 5.33. The zero-order chi connectivity index (χ0) is 13.8. The fourth-order valence-corrected chi connectivity index (χ4v) is 3.38. The lowest BCUT2D eigenvalue weighted by Crippen LogP contribution is -2.40. The molecule has 0 aliphatic heterocycles. The maximum absolute atomic E-state index is 11.8. The Balaban J connectivity index is 1.89. The molecule has 0 aromatic heterocycles. The van der Waals surface area contributed by atoms with Crippen LogP contribution in [0.15, 0.2) is 16.6 Å². The highest BCUT2D eigenvalue weighted by Crippen LogP contribution is 2.20. The standard InChI is InChI=1S/C15H21BrN2O/c1-10-7-12(16)8-11(2)14(10)9-17-15(19)18-13-5-3-4-6-13/h7-8,13H,3-6,9H2,1-2H3,(H2,17,18,19). The number of urea groups is 1. The molecule has 19 heavy (non-hydrogen) atoms. The number of aryl methyl sites for hydroxylation is 2. The lowest BCUT2D eigenvalue weighted by molar-refractivity contribution is 0.236. The fraction of sp³-hybridized carbons (Fsp3) is 0.533. The molecule has 0 unspecified atom stereocenters. The van der Waals surface area contributed by atoms with Gasteiger partial charge in [0.15, 0.2) is 0 Å². The van der Waals surface area contributed by atoms with E-state index in [4.69, 9.17) is 0 Å². The topological polar surface area (TPSA) is 41.1 Å². The van der Waals surface area contributed by atoms with Gasteiger partial charge >= 0.3 is 6.03 Å². The first-order valence-corrected chi connectivity index (χ1v) is 7.65. The van der Waals surface area contributed by atoms with E-state index < -0.39 is 0 Å². The van der Waals surface area contributed by atoms with Crippen molar-refractivity contribution in [1.82, 2.24) is 10.6 Å². The van der Waals surface area contributed by atoms with Crippen LogP contribution in [0.25, 0.3) is 0 Å². The molecular weight excluding hydrogens is 304 g/mol. The van der Waals surface area contributed by atoms with E-state index in [2.05, 4.69) is 52.5 Å². The van der Waals surface area contributed by atoms with Crippen molar-refractivity contribution in [3.63, 3.8) is 0 Å². The number of nitrogens with one attached hydrogen (secondary N) is 2. The van der Waals surface area contributed by atoms with Gasteiger partial charge < -0.3 is 10.6 Å². The van der Waals surface area contributed by atoms with Crippen molar-refractivity contribution in [2.24, 2.45) is 0 Å². The molecule has 4 heteroatoms. The number of carbonyl (C=O) groups excluding carboxylic acids is 1. The molecule has 1 fully saturated rings. The number of rotatable bonds is 3. The molecule has 2 amide bonds. The van der Waals surface area contributed by atoms with Gasteiger partial charge in [-0.15, -0.1) is 0 Å². The molecule has 1 aromatic rings. The van der Waals surface area contributed by atoms with Crippen molar-refractivity contribution in [1.29, 1.82) is 0 Å². The molecular formula is C15H21BrN2O. The van der Waals surface area contributed by atoms with Crippen LogP contribution in [-0.2, 0) is 6.54 Å². The summed E-state index contributed by atoms with van der Waals surface area (Å²) in [5.74, 6) is 0. The summed E-state index contributed by atoms with van der Waals surface area (Å²) in [7, 11) is 0. The van der Waals surface area contributed by atoms with Crippen LogP contribution >= 0.6 is 15.9 Å². The first-order chi connectivity index (χ1) is 9.06. The highest BCUT2D eigenvalue weighted by molar-refractivity contribution is 9.10. The van der Waals surface area contributed by atoms with E-state index in [9.17, 15) is 4.79 Å². The monoisotopic (exact) mass is 324 g/mol. The summed E-state index contributed by atoms with van der Waals surface area (Å²) in [6.45, 7) is 4.73. The Morgan fingerprint density at radius 2 is 1.84 bits per heavy atom. The first-order valence-electron chi connectivity index (χ1n) is 6.86. The summed E-state index contributed by atoms with van der Waals surface area (Å²) in [5.41, 5.74) is 3.60. The van der Waals surface area contributed by atoms with Gasteiger partial charge in [-0.3, -0.25) is 0 Å². The summed E-state index contributed by atoms with van der Waals surface area (Å²) < 4.78 is 1.08. The van der Waals surface area contributed by atoms with Crippen LogP contribution in [0.3, 0.4) is 0 Å². The number of halogens is 1. The number of carbonyl (C=O) groups is 1. The average molecular weight is 325 g/mol. The van der Waals surface area contributed by atoms with Crippen LogP contribution in [0.2, 0.25) is 0 Å². The summed E-state index contributed by atoms with van der Waals surface area (Å²) in [4.78, 5) is 11.8. The van der Waals surface area contributed by atoms with Crippen LogP contribution in [0.1, 0.15) is 42.4 Å². The lowest BCUT2D eigenvalue weighted by Gasteiger charge is -2.15. The maximum Gasteiger partial charge on any atom is 0.315 e. The molecule has 0 spiro atoms. The molecule has 0 heterocycles. The number of hydrogen-bond donors (Lipinski definition) is 2. The minimum absolute atomic E-state index is 0.0476. The van der Waals surface area contributed by atoms with E-state index in [-0.39, 0.29) is 6.03 Å². The van der Waals surface area contributed by atoms with E-state index in [1.807, 2.05) is 0 Å². The minimum atomic E-state index is -0.0476. The van der Waals surface area contributed by atoms with Crippen LogP contribution in [0, 0.1) is 13.8 Å². The Morgan fingerprint density at radius 3 is 2.42 bits per heavy atom. The third kappa shape index (κ3) is 3.96. The van der Waals surface area contributed by atoms with Crippen LogP contribution in [-0.4, -0.2) is 12.1 Å². The molecule has 0 saturated heterocycles. The van der Waals surface area contributed by atoms with Gasteiger partial charge in [0.2, 0.25) is 0 Å². The number of hydrogen-bond acceptors (Lipinski definition) is 1. The molecule has 0 radical (unpaired) electrons. The van der Waals surface area contributed by atoms with E-state index in [0.717, 1.165) is 17.3 Å². The van der Waals surface area contributed by atoms with Crippen molar-refractivity contribution in [2.75, 3.05) is 0 Å². The van der Waals surface area contributed by atoms with Gasteiger partial charge in [0.1, 0.15) is 0 Å². The fourth-order valence-electron chi connectivity index (χ4n) is 2.69. The third-order valence-electron chi connectivity index (χ3n) is 3.78. The molecule has 2 rings (SSSR count). The second kappa shape index (κ2) is 6.42. The molecule has 1 aliphatic rings. The largest absolute Gasteiger partial charge is 0.335 e. The van der Waals surface area contributed by atoms with Gasteiger partial charge in [-0.25, -0.2) is 4.79 Å². The zero-order valence-electron chi connectivity index (χ0n) is 11.6. The van der Waals surface area contributed by atoms with Gasteiger partial charge in [-0.05, 0) is 55.5 Å². The SMILES string of the molecule is Cc1cc(Br)cc(C)c1CNC(=O)NC1CCCC1. The van der Waals surface area contributed by atoms with E-state index in [0.29, 0.717) is 12.6 Å². The second-order valence-corrected chi connectivity index (χ2v) is 6.24. The van der Waals surface area contributed by atoms with Crippen molar-refractivity contribution in [3.05, 3.63) is 33.3 Å². The first kappa shape index (κ1) is 14.4. The van der Waals surface area contributed by atoms with Crippen molar-refractivity contribution < 1.29 is 4.79 Å². The Kier molecular flexibility index (Phi) is 4.86. The van der Waals surface area contributed by atoms with Crippen LogP contribution in [0.4, 0.5) is 4.79 Å². The number of benzene rings is 1. The minimum Gasteiger partial charge on any atom is -0.335 e. The summed E-state index contributed by atoms with van der Waals surface area (Å²) >= 11 is 3.49. The smallest absolute Gasteiger partial charge is 0.315 e. The van der Waals surface area contributed by atoms with E-state index in [1.165, 1.54) is 29.5 Å². The molecule has 1 aromatic carbocycles. The molecule has 104 valence electrons. The van der Waals surface area contributed by atoms with Gasteiger partial charge in [-0.2, -0.15) is 0 Å². The lowest BCUT2D eigenvalue weighted by atomic mass is 10.0. The zero-order valence-corrected chi connectivity index (χ0v) is 13.1. The molecule has 0 atom stereocenters. The van der Waals surface area contributed by atoms with E-state index in [1.54, 1.807) is 0 Å². The quantitative estimate of drug-likeness (QED) is 0.872. The third-order valence-corrected chi connectivity index (χ3v) is 4.23. The molecule has 1 saturated carbocycles. The van der Waals surface area contributed by atoms with Crippen molar-refractivity contribution in [3.8, 4) is 0 Å². The maximum atomic E-state index is 11.8. The van der Waals surface area contributed by atoms with Crippen molar-refractivity contribution >= 4 is 22.0 Å². The Bertz CT molecular complexity index is 444. The Labute approximate surface area is 123 Å². The van der Waals surface area contributed by atoms with Crippen molar-refractivity contribution in [2.45, 2.75) is 52.1 Å². The normalized spacial score (nSPS) is 15.5. The Hall–Kier alpha value is -1.03. The predicted molar refractivity (Wildman–Crippen MR) is 81.2 cm³/mol. The average Bonchev–Trinajstić information content (AvgIpc) is 2.80. The molecule has 1 aliphatic carbocycles. The van der Waals surface area contributed by atoms with Crippen LogP contribution < -0.4 is 10.6 Å². The van der Waals surface area contributed by atoms with E-state index >= 15 is 0 Å². The van der Waals surface area contributed by atoms with Gasteiger partial charge in [-0.1, -0.05) is 28.8 Å². The van der Waals surface area contributed by atoms with Crippen LogP contribution in [0.5, 0.6) is 0 Å². The summed E-state index contributed by atoms with van der Waals surface area (Å²) in [6, 6.07) is 4.48. The van der Waals surface area contributed by atoms with Gasteiger partial charge in [0.25, 0.3) is 0 Å². The summed E-state index contributed by atoms with van der Waals surface area (Å²) in [6.07, 6.45) is 4.69. The summed E-state index contributed by atoms with van der Waals surface area (Å²) in [5, 5.41) is 6.00. The molecule has 2 N–H and O–H groups in total. The van der Waals surface area contributed by atoms with Gasteiger partial charge in [0, 0.05) is 17.1 Å². The molecule has 0 bridgehead atoms.